The first-order chi connectivity index (χ1) is 13.8. The summed E-state index contributed by atoms with van der Waals surface area (Å²) < 4.78 is 15.7. The van der Waals surface area contributed by atoms with Gasteiger partial charge in [-0.05, 0) is 29.0 Å². The van der Waals surface area contributed by atoms with Gasteiger partial charge in [0.05, 0.1) is 11.0 Å². The molecule has 6 aromatic rings. The average Bonchev–Trinajstić information content (AvgIpc) is 3.40. The van der Waals surface area contributed by atoms with Gasteiger partial charge in [-0.1, -0.05) is 42.5 Å². The van der Waals surface area contributed by atoms with Crippen molar-refractivity contribution in [1.29, 1.82) is 0 Å². The van der Waals surface area contributed by atoms with Crippen molar-refractivity contribution in [1.82, 2.24) is 19.4 Å². The van der Waals surface area contributed by atoms with Crippen molar-refractivity contribution in [2.75, 3.05) is 0 Å². The van der Waals surface area contributed by atoms with E-state index >= 15 is 0 Å². The first-order valence-corrected chi connectivity index (χ1v) is 9.75. The van der Waals surface area contributed by atoms with Gasteiger partial charge < -0.3 is 4.98 Å². The number of halogens is 1. The first-order valence-electron chi connectivity index (χ1n) is 8.87. The van der Waals surface area contributed by atoms with E-state index in [2.05, 4.69) is 29.2 Å². The lowest BCUT2D eigenvalue weighted by Gasteiger charge is -2.06. The van der Waals surface area contributed by atoms with Crippen molar-refractivity contribution in [2.45, 2.75) is 0 Å². The molecule has 0 aliphatic heterocycles. The molecule has 6 rings (SSSR count). The van der Waals surface area contributed by atoms with E-state index in [0.29, 0.717) is 11.3 Å². The van der Waals surface area contributed by atoms with Crippen LogP contribution in [-0.4, -0.2) is 19.4 Å². The highest BCUT2D eigenvalue weighted by Gasteiger charge is 2.21. The molecule has 1 N–H and O–H groups in total. The van der Waals surface area contributed by atoms with Crippen LogP contribution in [0.3, 0.4) is 0 Å². The Morgan fingerprint density at radius 2 is 1.86 bits per heavy atom. The Balaban J connectivity index is 1.69. The van der Waals surface area contributed by atoms with Gasteiger partial charge in [0.25, 0.3) is 0 Å². The number of H-pyrrole nitrogens is 1. The van der Waals surface area contributed by atoms with E-state index in [0.717, 1.165) is 38.2 Å². The molecule has 0 aliphatic carbocycles. The summed E-state index contributed by atoms with van der Waals surface area (Å²) in [6.07, 6.45) is 1.99. The van der Waals surface area contributed by atoms with Gasteiger partial charge in [0, 0.05) is 17.1 Å². The van der Waals surface area contributed by atoms with E-state index in [1.54, 1.807) is 17.4 Å². The molecule has 0 radical (unpaired) electrons. The molecule has 134 valence electrons. The van der Waals surface area contributed by atoms with E-state index in [1.807, 2.05) is 34.2 Å². The molecular formula is C22H13FN4S. The predicted octanol–water partition coefficient (Wildman–Crippen LogP) is 5.90. The molecule has 0 unspecified atom stereocenters. The average molecular weight is 384 g/mol. The Labute approximate surface area is 162 Å². The SMILES string of the molecule is Fc1ccc2nc(-c3c(-c4cccc5ccccc45)nc4sccn34)[nH]c2c1. The lowest BCUT2D eigenvalue weighted by Crippen LogP contribution is -1.90. The number of aromatic nitrogens is 4. The number of thiazole rings is 1. The minimum absolute atomic E-state index is 0.286. The van der Waals surface area contributed by atoms with Crippen molar-refractivity contribution in [3.8, 4) is 22.8 Å². The van der Waals surface area contributed by atoms with Crippen LogP contribution in [0.15, 0.2) is 72.2 Å². The number of nitrogens with zero attached hydrogens (tertiary/aromatic N) is 3. The molecule has 3 aromatic heterocycles. The minimum atomic E-state index is -0.286. The summed E-state index contributed by atoms with van der Waals surface area (Å²) >= 11 is 1.58. The number of nitrogens with one attached hydrogen (secondary N) is 1. The second-order valence-corrected chi connectivity index (χ2v) is 7.51. The van der Waals surface area contributed by atoms with E-state index < -0.39 is 0 Å². The van der Waals surface area contributed by atoms with Crippen molar-refractivity contribution >= 4 is 38.1 Å². The van der Waals surface area contributed by atoms with Crippen LogP contribution in [0, 0.1) is 5.82 Å². The van der Waals surface area contributed by atoms with Gasteiger partial charge in [0.1, 0.15) is 17.2 Å². The highest BCUT2D eigenvalue weighted by Crippen LogP contribution is 2.37. The van der Waals surface area contributed by atoms with Gasteiger partial charge >= 0.3 is 0 Å². The molecule has 0 amide bonds. The lowest BCUT2D eigenvalue weighted by molar-refractivity contribution is 0.629. The lowest BCUT2D eigenvalue weighted by atomic mass is 10.0. The zero-order chi connectivity index (χ0) is 18.7. The summed E-state index contributed by atoms with van der Waals surface area (Å²) in [5, 5.41) is 4.30. The van der Waals surface area contributed by atoms with Gasteiger partial charge in [0.2, 0.25) is 0 Å². The fourth-order valence-corrected chi connectivity index (χ4v) is 4.44. The van der Waals surface area contributed by atoms with Crippen molar-refractivity contribution in [3.05, 3.63) is 78.1 Å². The Kier molecular flexibility index (Phi) is 3.19. The van der Waals surface area contributed by atoms with Crippen LogP contribution in [0.1, 0.15) is 0 Å². The van der Waals surface area contributed by atoms with Crippen molar-refractivity contribution in [2.24, 2.45) is 0 Å². The summed E-state index contributed by atoms with van der Waals surface area (Å²) in [6.45, 7) is 0. The van der Waals surface area contributed by atoms with E-state index in [1.165, 1.54) is 12.1 Å². The molecule has 28 heavy (non-hydrogen) atoms. The molecule has 0 saturated carbocycles. The molecule has 0 atom stereocenters. The van der Waals surface area contributed by atoms with Crippen molar-refractivity contribution < 1.29 is 4.39 Å². The Bertz CT molecular complexity index is 1490. The van der Waals surface area contributed by atoms with Gasteiger partial charge in [-0.2, -0.15) is 0 Å². The van der Waals surface area contributed by atoms with Crippen LogP contribution in [0.25, 0.3) is 49.5 Å². The Morgan fingerprint density at radius 3 is 2.82 bits per heavy atom. The quantitative estimate of drug-likeness (QED) is 0.404. The highest BCUT2D eigenvalue weighted by molar-refractivity contribution is 7.15. The van der Waals surface area contributed by atoms with Crippen LogP contribution in [-0.2, 0) is 0 Å². The number of benzene rings is 3. The molecule has 0 spiro atoms. The fourth-order valence-electron chi connectivity index (χ4n) is 3.73. The fraction of sp³-hybridized carbons (Fsp3) is 0. The molecule has 0 aliphatic rings. The molecular weight excluding hydrogens is 371 g/mol. The normalized spacial score (nSPS) is 11.8. The van der Waals surface area contributed by atoms with Crippen LogP contribution in [0.5, 0.6) is 0 Å². The van der Waals surface area contributed by atoms with E-state index in [4.69, 9.17) is 9.97 Å². The third kappa shape index (κ3) is 2.21. The second-order valence-electron chi connectivity index (χ2n) is 6.64. The van der Waals surface area contributed by atoms with Crippen LogP contribution in [0.4, 0.5) is 4.39 Å². The van der Waals surface area contributed by atoms with Crippen LogP contribution < -0.4 is 0 Å². The summed E-state index contributed by atoms with van der Waals surface area (Å²) in [6, 6.07) is 19.1. The van der Waals surface area contributed by atoms with E-state index in [-0.39, 0.29) is 5.82 Å². The smallest absolute Gasteiger partial charge is 0.194 e. The number of hydrogen-bond donors (Lipinski definition) is 1. The number of aromatic amines is 1. The highest BCUT2D eigenvalue weighted by atomic mass is 32.1. The largest absolute Gasteiger partial charge is 0.337 e. The molecule has 4 nitrogen and oxygen atoms in total. The standard InChI is InChI=1S/C22H13FN4S/c23-14-8-9-17-18(12-14)25-21(24-17)20-19(26-22-27(20)10-11-28-22)16-7-3-5-13-4-1-2-6-15(13)16/h1-12H,(H,24,25). The maximum Gasteiger partial charge on any atom is 0.194 e. The van der Waals surface area contributed by atoms with Gasteiger partial charge in [-0.25, -0.2) is 14.4 Å². The number of fused-ring (bicyclic) bond motifs is 3. The Morgan fingerprint density at radius 1 is 0.964 bits per heavy atom. The minimum Gasteiger partial charge on any atom is -0.337 e. The molecule has 3 aromatic carbocycles. The van der Waals surface area contributed by atoms with Crippen LogP contribution in [0.2, 0.25) is 0 Å². The molecule has 6 heteroatoms. The Hall–Kier alpha value is -3.51. The summed E-state index contributed by atoms with van der Waals surface area (Å²) in [5.74, 6) is 0.389. The van der Waals surface area contributed by atoms with Crippen LogP contribution >= 0.6 is 11.3 Å². The molecule has 0 saturated heterocycles. The third-order valence-electron chi connectivity index (χ3n) is 4.98. The summed E-state index contributed by atoms with van der Waals surface area (Å²) in [5.41, 5.74) is 4.19. The van der Waals surface area contributed by atoms with Gasteiger partial charge in [-0.3, -0.25) is 4.40 Å². The van der Waals surface area contributed by atoms with Gasteiger partial charge in [-0.15, -0.1) is 11.3 Å². The first kappa shape index (κ1) is 15.5. The topological polar surface area (TPSA) is 46.0 Å². The number of rotatable bonds is 2. The molecule has 3 heterocycles. The maximum absolute atomic E-state index is 13.6. The third-order valence-corrected chi connectivity index (χ3v) is 5.73. The summed E-state index contributed by atoms with van der Waals surface area (Å²) in [7, 11) is 0. The number of imidazole rings is 2. The van der Waals surface area contributed by atoms with E-state index in [9.17, 15) is 4.39 Å². The zero-order valence-corrected chi connectivity index (χ0v) is 15.4. The second kappa shape index (κ2) is 5.74. The zero-order valence-electron chi connectivity index (χ0n) is 14.6. The monoisotopic (exact) mass is 384 g/mol. The van der Waals surface area contributed by atoms with Gasteiger partial charge in [0.15, 0.2) is 10.8 Å². The predicted molar refractivity (Wildman–Crippen MR) is 111 cm³/mol. The molecule has 0 bridgehead atoms. The maximum atomic E-state index is 13.6. The van der Waals surface area contributed by atoms with Crippen molar-refractivity contribution in [3.63, 3.8) is 0 Å². The summed E-state index contributed by atoms with van der Waals surface area (Å²) in [4.78, 5) is 13.8. The number of hydrogen-bond acceptors (Lipinski definition) is 3. The molecule has 0 fully saturated rings.